The van der Waals surface area contributed by atoms with E-state index in [9.17, 15) is 13.2 Å². The van der Waals surface area contributed by atoms with Crippen LogP contribution < -0.4 is 10.6 Å². The maximum atomic E-state index is 12.7. The van der Waals surface area contributed by atoms with Crippen LogP contribution in [0.4, 0.5) is 13.2 Å². The lowest BCUT2D eigenvalue weighted by atomic mass is 10.1. The molecule has 1 aliphatic heterocycles. The molecule has 3 rings (SSSR count). The van der Waals surface area contributed by atoms with Crippen molar-refractivity contribution in [2.75, 3.05) is 26.7 Å². The van der Waals surface area contributed by atoms with E-state index in [4.69, 9.17) is 0 Å². The Morgan fingerprint density at radius 2 is 1.97 bits per heavy atom. The van der Waals surface area contributed by atoms with E-state index in [0.29, 0.717) is 6.54 Å². The van der Waals surface area contributed by atoms with Crippen molar-refractivity contribution in [3.63, 3.8) is 0 Å². The van der Waals surface area contributed by atoms with Gasteiger partial charge in [0.15, 0.2) is 5.96 Å². The second-order valence-corrected chi connectivity index (χ2v) is 7.33. The molecule has 30 heavy (non-hydrogen) atoms. The number of alkyl halides is 3. The summed E-state index contributed by atoms with van der Waals surface area (Å²) in [4.78, 5) is 6.52. The summed E-state index contributed by atoms with van der Waals surface area (Å²) in [6.07, 6.45) is 1.38. The minimum Gasteiger partial charge on any atom is -0.356 e. The van der Waals surface area contributed by atoms with E-state index in [1.165, 1.54) is 5.56 Å². The van der Waals surface area contributed by atoms with Crippen LogP contribution in [0, 0.1) is 0 Å². The van der Waals surface area contributed by atoms with Crippen molar-refractivity contribution in [3.05, 3.63) is 53.3 Å². The zero-order valence-corrected chi connectivity index (χ0v) is 19.4. The SMILES string of the molecule is CN=C(NCCc1cnn(C)c1)NC1CCN(Cc2ccc(C(F)(F)F)cc2)C1.I. The summed E-state index contributed by atoms with van der Waals surface area (Å²) in [5.74, 6) is 0.760. The second-order valence-electron chi connectivity index (χ2n) is 7.33. The molecule has 1 unspecified atom stereocenters. The number of hydrogen-bond acceptors (Lipinski definition) is 3. The minimum absolute atomic E-state index is 0. The Morgan fingerprint density at radius 1 is 1.23 bits per heavy atom. The number of benzene rings is 1. The number of aryl methyl sites for hydroxylation is 1. The van der Waals surface area contributed by atoms with E-state index < -0.39 is 11.7 Å². The quantitative estimate of drug-likeness (QED) is 0.339. The van der Waals surface area contributed by atoms with Gasteiger partial charge in [-0.25, -0.2) is 0 Å². The minimum atomic E-state index is -4.29. The molecule has 2 heterocycles. The van der Waals surface area contributed by atoms with Crippen LogP contribution in [0.3, 0.4) is 0 Å². The Kier molecular flexibility index (Phi) is 8.95. The number of rotatable bonds is 6. The molecule has 6 nitrogen and oxygen atoms in total. The number of nitrogens with one attached hydrogen (secondary N) is 2. The van der Waals surface area contributed by atoms with Crippen LogP contribution in [0.2, 0.25) is 0 Å². The van der Waals surface area contributed by atoms with Crippen LogP contribution in [0.25, 0.3) is 0 Å². The molecule has 0 radical (unpaired) electrons. The van der Waals surface area contributed by atoms with Gasteiger partial charge in [0.2, 0.25) is 0 Å². The van der Waals surface area contributed by atoms with Crippen LogP contribution in [-0.2, 0) is 26.2 Å². The first-order valence-electron chi connectivity index (χ1n) is 9.66. The summed E-state index contributed by atoms with van der Waals surface area (Å²) in [7, 11) is 3.64. The molecule has 0 bridgehead atoms. The Hall–Kier alpha value is -1.82. The molecule has 1 fully saturated rings. The molecule has 2 N–H and O–H groups in total. The Balaban J connectivity index is 0.00000320. The van der Waals surface area contributed by atoms with E-state index in [1.807, 2.05) is 19.4 Å². The monoisotopic (exact) mass is 536 g/mol. The van der Waals surface area contributed by atoms with Gasteiger partial charge in [0.1, 0.15) is 0 Å². The van der Waals surface area contributed by atoms with Gasteiger partial charge in [-0.15, -0.1) is 24.0 Å². The van der Waals surface area contributed by atoms with Gasteiger partial charge in [-0.2, -0.15) is 18.3 Å². The average Bonchev–Trinajstić information content (AvgIpc) is 3.29. The van der Waals surface area contributed by atoms with Crippen LogP contribution in [0.15, 0.2) is 41.7 Å². The highest BCUT2D eigenvalue weighted by atomic mass is 127. The topological polar surface area (TPSA) is 57.5 Å². The number of guanidine groups is 1. The third-order valence-electron chi connectivity index (χ3n) is 4.99. The standard InChI is InChI=1S/C20H27F3N6.HI/c1-24-19(25-9-7-16-11-26-28(2)12-16)27-18-8-10-29(14-18)13-15-3-5-17(6-4-15)20(21,22)23;/h3-6,11-12,18H,7-10,13-14H2,1-2H3,(H2,24,25,27);1H. The van der Waals surface area contributed by atoms with Gasteiger partial charge in [-0.05, 0) is 36.1 Å². The fourth-order valence-corrected chi connectivity index (χ4v) is 3.47. The Morgan fingerprint density at radius 3 is 2.57 bits per heavy atom. The van der Waals surface area contributed by atoms with Crippen molar-refractivity contribution in [1.29, 1.82) is 0 Å². The van der Waals surface area contributed by atoms with E-state index in [-0.39, 0.29) is 30.0 Å². The number of aliphatic imine (C=N–C) groups is 1. The van der Waals surface area contributed by atoms with Gasteiger partial charge in [0.25, 0.3) is 0 Å². The molecule has 1 atom stereocenters. The molecule has 2 aromatic rings. The van der Waals surface area contributed by atoms with Crippen molar-refractivity contribution in [2.45, 2.75) is 31.6 Å². The van der Waals surface area contributed by atoms with E-state index >= 15 is 0 Å². The molecule has 10 heteroatoms. The van der Waals surface area contributed by atoms with Crippen molar-refractivity contribution >= 4 is 29.9 Å². The number of likely N-dealkylation sites (tertiary alicyclic amines) is 1. The number of hydrogen-bond donors (Lipinski definition) is 2. The lowest BCUT2D eigenvalue weighted by Crippen LogP contribution is -2.45. The van der Waals surface area contributed by atoms with Crippen molar-refractivity contribution in [1.82, 2.24) is 25.3 Å². The highest BCUT2D eigenvalue weighted by Gasteiger charge is 2.30. The molecule has 0 spiro atoms. The molecule has 1 aromatic carbocycles. The van der Waals surface area contributed by atoms with Gasteiger partial charge in [-0.3, -0.25) is 14.6 Å². The molecular formula is C20H28F3IN6. The lowest BCUT2D eigenvalue weighted by molar-refractivity contribution is -0.137. The molecule has 1 saturated heterocycles. The summed E-state index contributed by atoms with van der Waals surface area (Å²) < 4.78 is 39.8. The molecule has 0 saturated carbocycles. The van der Waals surface area contributed by atoms with Crippen LogP contribution in [0.1, 0.15) is 23.1 Å². The number of aromatic nitrogens is 2. The first-order valence-corrected chi connectivity index (χ1v) is 9.66. The molecule has 1 aliphatic rings. The predicted octanol–water partition coefficient (Wildman–Crippen LogP) is 3.04. The zero-order valence-electron chi connectivity index (χ0n) is 17.1. The van der Waals surface area contributed by atoms with Gasteiger partial charge in [-0.1, -0.05) is 12.1 Å². The van der Waals surface area contributed by atoms with E-state index in [2.05, 4.69) is 25.6 Å². The van der Waals surface area contributed by atoms with E-state index in [0.717, 1.165) is 56.1 Å². The summed E-state index contributed by atoms with van der Waals surface area (Å²) in [6, 6.07) is 5.67. The fourth-order valence-electron chi connectivity index (χ4n) is 3.47. The van der Waals surface area contributed by atoms with Crippen molar-refractivity contribution < 1.29 is 13.2 Å². The molecule has 0 aliphatic carbocycles. The molecular weight excluding hydrogens is 508 g/mol. The first kappa shape index (κ1) is 24.4. The third kappa shape index (κ3) is 7.15. The summed E-state index contributed by atoms with van der Waals surface area (Å²) >= 11 is 0. The second kappa shape index (κ2) is 11.0. The molecule has 166 valence electrons. The van der Waals surface area contributed by atoms with Gasteiger partial charge in [0, 0.05) is 52.5 Å². The average molecular weight is 536 g/mol. The van der Waals surface area contributed by atoms with Crippen molar-refractivity contribution in [2.24, 2.45) is 12.0 Å². The maximum absolute atomic E-state index is 12.7. The smallest absolute Gasteiger partial charge is 0.356 e. The van der Waals surface area contributed by atoms with Crippen LogP contribution in [-0.4, -0.2) is 53.4 Å². The summed E-state index contributed by atoms with van der Waals surface area (Å²) in [6.45, 7) is 3.12. The molecule has 1 aromatic heterocycles. The highest BCUT2D eigenvalue weighted by Crippen LogP contribution is 2.29. The lowest BCUT2D eigenvalue weighted by Gasteiger charge is -2.19. The highest BCUT2D eigenvalue weighted by molar-refractivity contribution is 14.0. The summed E-state index contributed by atoms with van der Waals surface area (Å²) in [5, 5.41) is 10.9. The van der Waals surface area contributed by atoms with Gasteiger partial charge < -0.3 is 10.6 Å². The zero-order chi connectivity index (χ0) is 20.9. The van der Waals surface area contributed by atoms with Gasteiger partial charge >= 0.3 is 6.18 Å². The van der Waals surface area contributed by atoms with E-state index in [1.54, 1.807) is 23.9 Å². The normalized spacial score (nSPS) is 17.6. The van der Waals surface area contributed by atoms with Gasteiger partial charge in [0.05, 0.1) is 11.8 Å². The van der Waals surface area contributed by atoms with Crippen LogP contribution >= 0.6 is 24.0 Å². The number of nitrogens with zero attached hydrogens (tertiary/aromatic N) is 4. The van der Waals surface area contributed by atoms with Crippen molar-refractivity contribution in [3.8, 4) is 0 Å². The Labute approximate surface area is 191 Å². The third-order valence-corrected chi connectivity index (χ3v) is 4.99. The maximum Gasteiger partial charge on any atom is 0.416 e. The Bertz CT molecular complexity index is 819. The first-order chi connectivity index (χ1) is 13.8. The molecule has 0 amide bonds. The number of halogens is 4. The summed E-state index contributed by atoms with van der Waals surface area (Å²) in [5.41, 5.74) is 1.44. The van der Waals surface area contributed by atoms with Crippen LogP contribution in [0.5, 0.6) is 0 Å². The predicted molar refractivity (Wildman–Crippen MR) is 122 cm³/mol. The largest absolute Gasteiger partial charge is 0.416 e. The fraction of sp³-hybridized carbons (Fsp3) is 0.500.